The number of nitrogens with one attached hydrogen (secondary N) is 1. The highest BCUT2D eigenvalue weighted by molar-refractivity contribution is 6.35. The van der Waals surface area contributed by atoms with E-state index in [2.05, 4.69) is 15.3 Å². The summed E-state index contributed by atoms with van der Waals surface area (Å²) in [6.45, 7) is 5.02. The Labute approximate surface area is 220 Å². The number of fused-ring (bicyclic) bond motifs is 1. The van der Waals surface area contributed by atoms with Crippen LogP contribution in [0.15, 0.2) is 30.5 Å². The van der Waals surface area contributed by atoms with Gasteiger partial charge in [0.25, 0.3) is 0 Å². The predicted octanol–water partition coefficient (Wildman–Crippen LogP) is 3.79. The second-order valence-electron chi connectivity index (χ2n) is 9.30. The summed E-state index contributed by atoms with van der Waals surface area (Å²) < 4.78 is 7.26. The molecule has 0 unspecified atom stereocenters. The number of carbonyl (C=O) groups excluding carboxylic acids is 1. The number of morpholine rings is 1. The first-order chi connectivity index (χ1) is 17.3. The summed E-state index contributed by atoms with van der Waals surface area (Å²) in [5, 5.41) is 9.20. The summed E-state index contributed by atoms with van der Waals surface area (Å²) in [5.74, 6) is 1.37. The van der Waals surface area contributed by atoms with E-state index < -0.39 is 0 Å². The lowest BCUT2D eigenvalue weighted by atomic mass is 10.1. The van der Waals surface area contributed by atoms with E-state index in [0.29, 0.717) is 59.9 Å². The first-order valence-corrected chi connectivity index (χ1v) is 12.7. The Balaban J connectivity index is 1.39. The van der Waals surface area contributed by atoms with Crippen molar-refractivity contribution >= 4 is 51.5 Å². The number of benzene rings is 1. The minimum Gasteiger partial charge on any atom is -0.378 e. The van der Waals surface area contributed by atoms with Crippen LogP contribution in [0.25, 0.3) is 16.6 Å². The van der Waals surface area contributed by atoms with Gasteiger partial charge in [0.2, 0.25) is 5.91 Å². The van der Waals surface area contributed by atoms with Gasteiger partial charge in [-0.25, -0.2) is 9.97 Å². The Morgan fingerprint density at radius 2 is 2.06 bits per heavy atom. The van der Waals surface area contributed by atoms with Gasteiger partial charge in [0.1, 0.15) is 11.6 Å². The molecule has 0 radical (unpaired) electrons. The van der Waals surface area contributed by atoms with Crippen molar-refractivity contribution in [1.29, 1.82) is 0 Å². The SMILES string of the molecule is C[C@@H](Nc1nc(C2=CCN(C(=O)[C@H]3COCCN3C)CC2)nc2cn(C)nc12)c1ccc(Cl)cc1Cl. The number of anilines is 1. The molecule has 5 rings (SSSR count). The Morgan fingerprint density at radius 3 is 2.78 bits per heavy atom. The molecule has 2 aliphatic rings. The predicted molar refractivity (Wildman–Crippen MR) is 141 cm³/mol. The molecule has 190 valence electrons. The summed E-state index contributed by atoms with van der Waals surface area (Å²) in [7, 11) is 3.83. The van der Waals surface area contributed by atoms with E-state index in [4.69, 9.17) is 37.9 Å². The molecular formula is C25H29Cl2N7O2. The number of aryl methyl sites for hydroxylation is 1. The molecule has 1 amide bonds. The number of nitrogens with zero attached hydrogens (tertiary/aromatic N) is 6. The van der Waals surface area contributed by atoms with E-state index in [1.807, 2.05) is 50.3 Å². The number of halogens is 2. The van der Waals surface area contributed by atoms with Gasteiger partial charge >= 0.3 is 0 Å². The fourth-order valence-electron chi connectivity index (χ4n) is 4.63. The lowest BCUT2D eigenvalue weighted by molar-refractivity contribution is -0.141. The molecule has 0 spiro atoms. The van der Waals surface area contributed by atoms with Gasteiger partial charge in [-0.2, -0.15) is 5.10 Å². The Hall–Kier alpha value is -2.72. The molecule has 2 aliphatic heterocycles. The third-order valence-corrected chi connectivity index (χ3v) is 7.31. The van der Waals surface area contributed by atoms with Crippen LogP contribution in [0.2, 0.25) is 10.0 Å². The molecule has 2 atom stereocenters. The average Bonchev–Trinajstić information content (AvgIpc) is 3.24. The Morgan fingerprint density at radius 1 is 1.22 bits per heavy atom. The van der Waals surface area contributed by atoms with Crippen molar-refractivity contribution in [3.05, 3.63) is 51.9 Å². The minimum absolute atomic E-state index is 0.104. The van der Waals surface area contributed by atoms with Gasteiger partial charge in [0.15, 0.2) is 17.2 Å². The number of likely N-dealkylation sites (N-methyl/N-ethyl adjacent to an activating group) is 1. The molecule has 3 aromatic rings. The maximum atomic E-state index is 13.0. The highest BCUT2D eigenvalue weighted by Gasteiger charge is 2.31. The lowest BCUT2D eigenvalue weighted by Gasteiger charge is -2.36. The van der Waals surface area contributed by atoms with Crippen molar-refractivity contribution in [3.63, 3.8) is 0 Å². The van der Waals surface area contributed by atoms with E-state index in [9.17, 15) is 4.79 Å². The second-order valence-corrected chi connectivity index (χ2v) is 10.1. The molecule has 0 bridgehead atoms. The topological polar surface area (TPSA) is 88.4 Å². The van der Waals surface area contributed by atoms with Crippen LogP contribution in [0, 0.1) is 0 Å². The number of hydrogen-bond donors (Lipinski definition) is 1. The molecular weight excluding hydrogens is 501 g/mol. The Bertz CT molecular complexity index is 1330. The van der Waals surface area contributed by atoms with Crippen LogP contribution < -0.4 is 5.32 Å². The quantitative estimate of drug-likeness (QED) is 0.537. The highest BCUT2D eigenvalue weighted by Crippen LogP contribution is 2.31. The van der Waals surface area contributed by atoms with Gasteiger partial charge in [0, 0.05) is 36.7 Å². The van der Waals surface area contributed by atoms with Crippen LogP contribution in [0.5, 0.6) is 0 Å². The van der Waals surface area contributed by atoms with Crippen molar-refractivity contribution in [2.75, 3.05) is 45.2 Å². The van der Waals surface area contributed by atoms with Crippen molar-refractivity contribution in [1.82, 2.24) is 29.5 Å². The summed E-state index contributed by atoms with van der Waals surface area (Å²) in [4.78, 5) is 26.6. The zero-order valence-electron chi connectivity index (χ0n) is 20.5. The van der Waals surface area contributed by atoms with Gasteiger partial charge in [0.05, 0.1) is 25.5 Å². The molecule has 1 aromatic carbocycles. The van der Waals surface area contributed by atoms with Crippen LogP contribution in [-0.4, -0.2) is 81.4 Å². The standard InChI is InChI=1S/C25H29Cl2N7O2/c1-15(18-5-4-17(26)12-19(18)27)28-24-22-20(13-33(3)31-22)29-23(30-24)16-6-8-34(9-7-16)25(35)21-14-36-11-10-32(21)2/h4-6,12-13,15,21H,7-11,14H2,1-3H3,(H,28,29,30)/t15-,21-/m1/s1. The summed E-state index contributed by atoms with van der Waals surface area (Å²) >= 11 is 12.5. The second kappa shape index (κ2) is 10.3. The zero-order valence-corrected chi connectivity index (χ0v) is 22.1. The van der Waals surface area contributed by atoms with Crippen molar-refractivity contribution < 1.29 is 9.53 Å². The van der Waals surface area contributed by atoms with Gasteiger partial charge in [-0.3, -0.25) is 14.4 Å². The Kier molecular flexibility index (Phi) is 7.16. The van der Waals surface area contributed by atoms with E-state index >= 15 is 0 Å². The third-order valence-electron chi connectivity index (χ3n) is 6.75. The summed E-state index contributed by atoms with van der Waals surface area (Å²) in [6, 6.07) is 5.10. The van der Waals surface area contributed by atoms with E-state index in [1.54, 1.807) is 10.7 Å². The van der Waals surface area contributed by atoms with Crippen LogP contribution in [0.3, 0.4) is 0 Å². The van der Waals surface area contributed by atoms with Gasteiger partial charge in [-0.15, -0.1) is 0 Å². The number of hydrogen-bond acceptors (Lipinski definition) is 7. The molecule has 1 N–H and O–H groups in total. The maximum absolute atomic E-state index is 13.0. The minimum atomic E-state index is -0.228. The van der Waals surface area contributed by atoms with Crippen molar-refractivity contribution in [2.45, 2.75) is 25.4 Å². The zero-order chi connectivity index (χ0) is 25.4. The molecule has 1 fully saturated rings. The monoisotopic (exact) mass is 529 g/mol. The average molecular weight is 530 g/mol. The number of amides is 1. The lowest BCUT2D eigenvalue weighted by Crippen LogP contribution is -2.53. The largest absolute Gasteiger partial charge is 0.378 e. The number of rotatable bonds is 5. The third kappa shape index (κ3) is 5.06. The highest BCUT2D eigenvalue weighted by atomic mass is 35.5. The molecule has 2 aromatic heterocycles. The number of aromatic nitrogens is 4. The van der Waals surface area contributed by atoms with E-state index in [1.165, 1.54) is 0 Å². The van der Waals surface area contributed by atoms with Gasteiger partial charge in [-0.05, 0) is 43.7 Å². The van der Waals surface area contributed by atoms with Crippen LogP contribution in [-0.2, 0) is 16.6 Å². The van der Waals surface area contributed by atoms with Crippen molar-refractivity contribution in [3.8, 4) is 0 Å². The first kappa shape index (κ1) is 25.0. The molecule has 4 heterocycles. The molecule has 0 aliphatic carbocycles. The number of carbonyl (C=O) groups is 1. The van der Waals surface area contributed by atoms with Crippen LogP contribution >= 0.6 is 23.2 Å². The number of ether oxygens (including phenoxy) is 1. The summed E-state index contributed by atoms with van der Waals surface area (Å²) in [6.07, 6.45) is 4.60. The first-order valence-electron chi connectivity index (χ1n) is 12.0. The molecule has 0 saturated carbocycles. The fraction of sp³-hybridized carbons (Fsp3) is 0.440. The van der Waals surface area contributed by atoms with Gasteiger partial charge in [-0.1, -0.05) is 35.3 Å². The van der Waals surface area contributed by atoms with Gasteiger partial charge < -0.3 is 15.0 Å². The van der Waals surface area contributed by atoms with Crippen LogP contribution in [0.4, 0.5) is 5.82 Å². The van der Waals surface area contributed by atoms with Crippen molar-refractivity contribution in [2.24, 2.45) is 7.05 Å². The molecule has 11 heteroatoms. The normalized spacial score (nSPS) is 19.9. The smallest absolute Gasteiger partial charge is 0.242 e. The van der Waals surface area contributed by atoms with Crippen LogP contribution in [0.1, 0.15) is 30.8 Å². The maximum Gasteiger partial charge on any atom is 0.242 e. The molecule has 36 heavy (non-hydrogen) atoms. The summed E-state index contributed by atoms with van der Waals surface area (Å²) in [5.41, 5.74) is 3.36. The molecule has 1 saturated heterocycles. The molecule has 9 nitrogen and oxygen atoms in total. The van der Waals surface area contributed by atoms with E-state index in [-0.39, 0.29) is 18.0 Å². The van der Waals surface area contributed by atoms with E-state index in [0.717, 1.165) is 23.2 Å². The fourth-order valence-corrected chi connectivity index (χ4v) is 5.21.